The Morgan fingerprint density at radius 1 is 1.00 bits per heavy atom. The highest BCUT2D eigenvalue weighted by molar-refractivity contribution is 7.92. The molecule has 0 fully saturated rings. The lowest BCUT2D eigenvalue weighted by Gasteiger charge is -2.27. The third kappa shape index (κ3) is 5.09. The standard InChI is InChI=1S/C26H26N2O4S/c1-18-4-3-5-23(16-18)27-33(31,32)25-17-22(7-6-19(25)2)26(30)28-14-12-21(13-15-28)20-8-10-24(29)11-9-20/h3-12,16-17,27,29H,13-15H2,1-2H3. The summed E-state index contributed by atoms with van der Waals surface area (Å²) in [4.78, 5) is 14.9. The van der Waals surface area contributed by atoms with E-state index in [1.807, 2.05) is 31.2 Å². The van der Waals surface area contributed by atoms with E-state index in [1.165, 1.54) is 6.07 Å². The highest BCUT2D eigenvalue weighted by atomic mass is 32.2. The van der Waals surface area contributed by atoms with Crippen LogP contribution < -0.4 is 4.72 Å². The highest BCUT2D eigenvalue weighted by Crippen LogP contribution is 2.26. The second-order valence-corrected chi connectivity index (χ2v) is 9.88. The first-order valence-corrected chi connectivity index (χ1v) is 12.2. The second-order valence-electron chi connectivity index (χ2n) is 8.23. The van der Waals surface area contributed by atoms with Gasteiger partial charge < -0.3 is 10.0 Å². The molecule has 0 radical (unpaired) electrons. The minimum Gasteiger partial charge on any atom is -0.508 e. The van der Waals surface area contributed by atoms with Crippen molar-refractivity contribution in [2.45, 2.75) is 25.2 Å². The van der Waals surface area contributed by atoms with Gasteiger partial charge in [-0.3, -0.25) is 9.52 Å². The van der Waals surface area contributed by atoms with Crippen molar-refractivity contribution < 1.29 is 18.3 Å². The number of hydrogen-bond acceptors (Lipinski definition) is 4. The van der Waals surface area contributed by atoms with Crippen LogP contribution in [0.15, 0.2) is 77.7 Å². The number of carbonyl (C=O) groups is 1. The maximum Gasteiger partial charge on any atom is 0.262 e. The normalized spacial score (nSPS) is 14.0. The van der Waals surface area contributed by atoms with E-state index >= 15 is 0 Å². The van der Waals surface area contributed by atoms with Crippen LogP contribution in [0, 0.1) is 13.8 Å². The average molecular weight is 463 g/mol. The molecule has 0 atom stereocenters. The van der Waals surface area contributed by atoms with Crippen molar-refractivity contribution in [2.24, 2.45) is 0 Å². The summed E-state index contributed by atoms with van der Waals surface area (Å²) in [6, 6.07) is 18.9. The lowest BCUT2D eigenvalue weighted by Crippen LogP contribution is -2.34. The molecule has 2 N–H and O–H groups in total. The van der Waals surface area contributed by atoms with E-state index in [9.17, 15) is 18.3 Å². The number of carbonyl (C=O) groups excluding carboxylic acids is 1. The van der Waals surface area contributed by atoms with E-state index in [0.29, 0.717) is 36.3 Å². The zero-order chi connectivity index (χ0) is 23.6. The van der Waals surface area contributed by atoms with Crippen molar-refractivity contribution in [1.82, 2.24) is 4.90 Å². The number of nitrogens with one attached hydrogen (secondary N) is 1. The van der Waals surface area contributed by atoms with Crippen LogP contribution in [-0.4, -0.2) is 37.4 Å². The van der Waals surface area contributed by atoms with Gasteiger partial charge in [0.25, 0.3) is 15.9 Å². The molecular weight excluding hydrogens is 436 g/mol. The van der Waals surface area contributed by atoms with E-state index in [4.69, 9.17) is 0 Å². The Hall–Kier alpha value is -3.58. The molecule has 0 aromatic heterocycles. The number of phenols is 1. The Morgan fingerprint density at radius 3 is 2.42 bits per heavy atom. The van der Waals surface area contributed by atoms with E-state index in [-0.39, 0.29) is 16.6 Å². The molecule has 1 aliphatic rings. The number of phenolic OH excluding ortho intramolecular Hbond substituents is 1. The molecule has 1 amide bonds. The van der Waals surface area contributed by atoms with Gasteiger partial charge in [0.1, 0.15) is 5.75 Å². The summed E-state index contributed by atoms with van der Waals surface area (Å²) in [5.74, 6) is 0.0111. The van der Waals surface area contributed by atoms with Gasteiger partial charge in [0.15, 0.2) is 0 Å². The monoisotopic (exact) mass is 462 g/mol. The van der Waals surface area contributed by atoms with Gasteiger partial charge >= 0.3 is 0 Å². The largest absolute Gasteiger partial charge is 0.508 e. The Labute approximate surface area is 194 Å². The van der Waals surface area contributed by atoms with Crippen LogP contribution in [-0.2, 0) is 10.0 Å². The van der Waals surface area contributed by atoms with E-state index in [1.54, 1.807) is 54.3 Å². The summed E-state index contributed by atoms with van der Waals surface area (Å²) < 4.78 is 28.7. The Bertz CT molecular complexity index is 1330. The number of rotatable bonds is 5. The maximum atomic E-state index is 13.1. The summed E-state index contributed by atoms with van der Waals surface area (Å²) in [7, 11) is -3.85. The summed E-state index contributed by atoms with van der Waals surface area (Å²) >= 11 is 0. The van der Waals surface area contributed by atoms with E-state index in [2.05, 4.69) is 4.72 Å². The molecule has 0 spiro atoms. The molecule has 7 heteroatoms. The minimum atomic E-state index is -3.85. The van der Waals surface area contributed by atoms with Gasteiger partial charge in [-0.05, 0) is 78.9 Å². The van der Waals surface area contributed by atoms with Crippen molar-refractivity contribution >= 4 is 27.2 Å². The first kappa shape index (κ1) is 22.6. The average Bonchev–Trinajstić information content (AvgIpc) is 2.79. The topological polar surface area (TPSA) is 86.7 Å². The van der Waals surface area contributed by atoms with Crippen LogP contribution in [0.1, 0.15) is 33.5 Å². The number of aryl methyl sites for hydroxylation is 2. The van der Waals surface area contributed by atoms with Crippen LogP contribution in [0.2, 0.25) is 0 Å². The molecule has 33 heavy (non-hydrogen) atoms. The summed E-state index contributed by atoms with van der Waals surface area (Å²) in [5.41, 5.74) is 4.47. The molecule has 0 aliphatic carbocycles. The number of hydrogen-bond donors (Lipinski definition) is 2. The maximum absolute atomic E-state index is 13.1. The number of sulfonamides is 1. The van der Waals surface area contributed by atoms with Gasteiger partial charge in [0.05, 0.1) is 4.90 Å². The van der Waals surface area contributed by atoms with Gasteiger partial charge in [-0.15, -0.1) is 0 Å². The lowest BCUT2D eigenvalue weighted by molar-refractivity contribution is 0.0772. The van der Waals surface area contributed by atoms with Crippen LogP contribution in [0.3, 0.4) is 0 Å². The van der Waals surface area contributed by atoms with Crippen LogP contribution in [0.25, 0.3) is 5.57 Å². The summed E-state index contributed by atoms with van der Waals surface area (Å²) in [5, 5.41) is 9.47. The van der Waals surface area contributed by atoms with Gasteiger partial charge in [-0.25, -0.2) is 8.42 Å². The Kier molecular flexibility index (Phi) is 6.24. The van der Waals surface area contributed by atoms with Crippen LogP contribution in [0.4, 0.5) is 5.69 Å². The second kappa shape index (κ2) is 9.11. The number of benzene rings is 3. The molecule has 1 aliphatic heterocycles. The molecule has 3 aromatic carbocycles. The summed E-state index contributed by atoms with van der Waals surface area (Å²) in [6.07, 6.45) is 2.68. The van der Waals surface area contributed by atoms with Gasteiger partial charge in [-0.2, -0.15) is 0 Å². The molecule has 170 valence electrons. The van der Waals surface area contributed by atoms with Gasteiger partial charge in [-0.1, -0.05) is 36.4 Å². The molecule has 0 bridgehead atoms. The summed E-state index contributed by atoms with van der Waals surface area (Å²) in [6.45, 7) is 4.57. The zero-order valence-electron chi connectivity index (χ0n) is 18.6. The number of nitrogens with zero attached hydrogens (tertiary/aromatic N) is 1. The third-order valence-electron chi connectivity index (χ3n) is 5.73. The quantitative estimate of drug-likeness (QED) is 0.573. The SMILES string of the molecule is Cc1cccc(NS(=O)(=O)c2cc(C(=O)N3CC=C(c4ccc(O)cc4)CC3)ccc2C)c1. The van der Waals surface area contributed by atoms with Crippen molar-refractivity contribution in [1.29, 1.82) is 0 Å². The lowest BCUT2D eigenvalue weighted by atomic mass is 9.99. The fraction of sp³-hybridized carbons (Fsp3) is 0.192. The molecule has 0 unspecified atom stereocenters. The highest BCUT2D eigenvalue weighted by Gasteiger charge is 2.23. The molecule has 3 aromatic rings. The molecule has 1 heterocycles. The van der Waals surface area contributed by atoms with E-state index < -0.39 is 10.0 Å². The Balaban J connectivity index is 1.53. The molecule has 6 nitrogen and oxygen atoms in total. The van der Waals surface area contributed by atoms with Gasteiger partial charge in [0, 0.05) is 24.3 Å². The van der Waals surface area contributed by atoms with Crippen molar-refractivity contribution in [3.63, 3.8) is 0 Å². The first-order valence-electron chi connectivity index (χ1n) is 10.7. The smallest absolute Gasteiger partial charge is 0.262 e. The van der Waals surface area contributed by atoms with Crippen molar-refractivity contribution in [3.05, 3.63) is 95.1 Å². The van der Waals surface area contributed by atoms with Gasteiger partial charge in [0.2, 0.25) is 0 Å². The van der Waals surface area contributed by atoms with E-state index in [0.717, 1.165) is 16.7 Å². The number of aromatic hydroxyl groups is 1. The number of anilines is 1. The molecule has 4 rings (SSSR count). The fourth-order valence-electron chi connectivity index (χ4n) is 3.92. The predicted molar refractivity (Wildman–Crippen MR) is 130 cm³/mol. The minimum absolute atomic E-state index is 0.0900. The third-order valence-corrected chi connectivity index (χ3v) is 7.25. The van der Waals surface area contributed by atoms with Crippen LogP contribution >= 0.6 is 0 Å². The molecular formula is C26H26N2O4S. The van der Waals surface area contributed by atoms with Crippen LogP contribution in [0.5, 0.6) is 5.75 Å². The Morgan fingerprint density at radius 2 is 1.76 bits per heavy atom. The van der Waals surface area contributed by atoms with Crippen molar-refractivity contribution in [3.8, 4) is 5.75 Å². The molecule has 0 saturated heterocycles. The molecule has 0 saturated carbocycles. The zero-order valence-corrected chi connectivity index (χ0v) is 19.4. The predicted octanol–water partition coefficient (Wildman–Crippen LogP) is 4.74. The number of amides is 1. The van der Waals surface area contributed by atoms with Crippen molar-refractivity contribution in [2.75, 3.05) is 17.8 Å². The fourth-order valence-corrected chi connectivity index (χ4v) is 5.24. The first-order chi connectivity index (χ1) is 15.7.